The van der Waals surface area contributed by atoms with Crippen LogP contribution in [0.2, 0.25) is 5.15 Å². The second-order valence-electron chi connectivity index (χ2n) is 3.50. The lowest BCUT2D eigenvalue weighted by Crippen LogP contribution is -2.02. The highest BCUT2D eigenvalue weighted by molar-refractivity contribution is 7.98. The van der Waals surface area contributed by atoms with Gasteiger partial charge in [-0.2, -0.15) is 11.3 Å². The van der Waals surface area contributed by atoms with Gasteiger partial charge in [-0.3, -0.25) is 0 Å². The van der Waals surface area contributed by atoms with Gasteiger partial charge in [0.25, 0.3) is 0 Å². The summed E-state index contributed by atoms with van der Waals surface area (Å²) in [5, 5.41) is 8.69. The molecular weight excluding hydrogens is 274 g/mol. The van der Waals surface area contributed by atoms with Gasteiger partial charge in [0.05, 0.1) is 0 Å². The highest BCUT2D eigenvalue weighted by Gasteiger charge is 2.03. The normalized spacial score (nSPS) is 10.5. The lowest BCUT2D eigenvalue weighted by Gasteiger charge is -2.06. The summed E-state index contributed by atoms with van der Waals surface area (Å²) in [6.07, 6.45) is 1.93. The van der Waals surface area contributed by atoms with Gasteiger partial charge in [0, 0.05) is 12.6 Å². The van der Waals surface area contributed by atoms with Crippen LogP contribution in [0.5, 0.6) is 0 Å². The number of nitrogens with zero attached hydrogens (tertiary/aromatic N) is 2. The first-order valence-corrected chi connectivity index (χ1v) is 7.57. The molecule has 0 radical (unpaired) electrons. The predicted octanol–water partition coefficient (Wildman–Crippen LogP) is 3.83. The lowest BCUT2D eigenvalue weighted by molar-refractivity contribution is 0.956. The van der Waals surface area contributed by atoms with Gasteiger partial charge >= 0.3 is 0 Å². The van der Waals surface area contributed by atoms with Crippen molar-refractivity contribution >= 4 is 40.5 Å². The van der Waals surface area contributed by atoms with Gasteiger partial charge in [0.1, 0.15) is 11.0 Å². The summed E-state index contributed by atoms with van der Waals surface area (Å²) in [4.78, 5) is 8.44. The monoisotopic (exact) mass is 285 g/mol. The van der Waals surface area contributed by atoms with Crippen LogP contribution < -0.4 is 5.32 Å². The summed E-state index contributed by atoms with van der Waals surface area (Å²) >= 11 is 9.11. The van der Waals surface area contributed by atoms with Crippen molar-refractivity contribution in [3.63, 3.8) is 0 Å². The van der Waals surface area contributed by atoms with Crippen LogP contribution in [0.3, 0.4) is 0 Å². The molecule has 17 heavy (non-hydrogen) atoms. The molecule has 2 aromatic heterocycles. The van der Waals surface area contributed by atoms with Crippen molar-refractivity contribution in [2.24, 2.45) is 0 Å². The van der Waals surface area contributed by atoms with Crippen LogP contribution in [-0.4, -0.2) is 16.2 Å². The van der Waals surface area contributed by atoms with Crippen LogP contribution in [0.1, 0.15) is 11.1 Å². The van der Waals surface area contributed by atoms with Gasteiger partial charge in [-0.05, 0) is 35.1 Å². The molecule has 0 bridgehead atoms. The first-order chi connectivity index (χ1) is 8.19. The maximum Gasteiger partial charge on any atom is 0.190 e. The van der Waals surface area contributed by atoms with Crippen molar-refractivity contribution in [2.45, 2.75) is 18.6 Å². The maximum atomic E-state index is 5.92. The first kappa shape index (κ1) is 12.7. The third kappa shape index (κ3) is 3.34. The fourth-order valence-electron chi connectivity index (χ4n) is 1.33. The predicted molar refractivity (Wildman–Crippen MR) is 75.2 cm³/mol. The number of aryl methyl sites for hydroxylation is 1. The van der Waals surface area contributed by atoms with Gasteiger partial charge in [-0.25, -0.2) is 9.97 Å². The van der Waals surface area contributed by atoms with E-state index in [-0.39, 0.29) is 0 Å². The first-order valence-electron chi connectivity index (χ1n) is 5.03. The largest absolute Gasteiger partial charge is 0.366 e. The number of rotatable bonds is 4. The lowest BCUT2D eigenvalue weighted by atomic mass is 10.2. The smallest absolute Gasteiger partial charge is 0.190 e. The van der Waals surface area contributed by atoms with Crippen LogP contribution in [0.4, 0.5) is 5.82 Å². The second kappa shape index (κ2) is 5.71. The van der Waals surface area contributed by atoms with E-state index in [4.69, 9.17) is 11.6 Å². The Bertz CT molecular complexity index is 513. The number of halogens is 1. The molecule has 0 amide bonds. The van der Waals surface area contributed by atoms with Crippen molar-refractivity contribution in [3.8, 4) is 0 Å². The molecular formula is C11H12ClN3S2. The molecule has 6 heteroatoms. The molecule has 0 spiro atoms. The third-order valence-corrected chi connectivity index (χ3v) is 3.93. The minimum Gasteiger partial charge on any atom is -0.366 e. The van der Waals surface area contributed by atoms with Crippen LogP contribution >= 0.6 is 34.7 Å². The van der Waals surface area contributed by atoms with E-state index in [0.29, 0.717) is 10.3 Å². The molecule has 2 heterocycles. The highest BCUT2D eigenvalue weighted by atomic mass is 35.5. The average Bonchev–Trinajstić information content (AvgIpc) is 2.71. The van der Waals surface area contributed by atoms with Crippen molar-refractivity contribution in [1.29, 1.82) is 0 Å². The fraction of sp³-hybridized carbons (Fsp3) is 0.273. The van der Waals surface area contributed by atoms with Gasteiger partial charge in [-0.1, -0.05) is 23.4 Å². The maximum absolute atomic E-state index is 5.92. The van der Waals surface area contributed by atoms with Gasteiger partial charge in [-0.15, -0.1) is 0 Å². The number of thiophene rings is 1. The Hall–Kier alpha value is -0.780. The zero-order chi connectivity index (χ0) is 12.3. The van der Waals surface area contributed by atoms with Crippen molar-refractivity contribution < 1.29 is 0 Å². The number of anilines is 1. The zero-order valence-corrected chi connectivity index (χ0v) is 11.9. The van der Waals surface area contributed by atoms with E-state index in [1.165, 1.54) is 22.9 Å². The van der Waals surface area contributed by atoms with Crippen molar-refractivity contribution in [2.75, 3.05) is 11.6 Å². The SMILES string of the molecule is CSc1nc(Cl)cc(NCc2cscc2C)n1. The zero-order valence-electron chi connectivity index (χ0n) is 9.53. The molecule has 2 rings (SSSR count). The molecule has 0 saturated carbocycles. The molecule has 90 valence electrons. The van der Waals surface area contributed by atoms with Crippen molar-refractivity contribution in [3.05, 3.63) is 33.1 Å². The van der Waals surface area contributed by atoms with Gasteiger partial charge < -0.3 is 5.32 Å². The Labute approximate surface area is 114 Å². The van der Waals surface area contributed by atoms with Crippen LogP contribution in [0.25, 0.3) is 0 Å². The quantitative estimate of drug-likeness (QED) is 0.526. The number of hydrogen-bond acceptors (Lipinski definition) is 5. The summed E-state index contributed by atoms with van der Waals surface area (Å²) in [6, 6.07) is 1.74. The van der Waals surface area contributed by atoms with Crippen LogP contribution in [0, 0.1) is 6.92 Å². The summed E-state index contributed by atoms with van der Waals surface area (Å²) in [5.74, 6) is 0.764. The Morgan fingerprint density at radius 3 is 2.88 bits per heavy atom. The van der Waals surface area contributed by atoms with E-state index < -0.39 is 0 Å². The summed E-state index contributed by atoms with van der Waals surface area (Å²) < 4.78 is 0. The molecule has 0 aliphatic rings. The topological polar surface area (TPSA) is 37.8 Å². The molecule has 0 aliphatic heterocycles. The molecule has 0 aliphatic carbocycles. The van der Waals surface area contributed by atoms with E-state index in [9.17, 15) is 0 Å². The van der Waals surface area contributed by atoms with E-state index >= 15 is 0 Å². The molecule has 3 nitrogen and oxygen atoms in total. The Morgan fingerprint density at radius 1 is 1.41 bits per heavy atom. The van der Waals surface area contributed by atoms with Gasteiger partial charge in [0.15, 0.2) is 5.16 Å². The molecule has 0 atom stereocenters. The highest BCUT2D eigenvalue weighted by Crippen LogP contribution is 2.19. The Balaban J connectivity index is 2.09. The minimum atomic E-state index is 0.467. The van der Waals surface area contributed by atoms with E-state index in [0.717, 1.165) is 12.4 Å². The minimum absolute atomic E-state index is 0.467. The second-order valence-corrected chi connectivity index (χ2v) is 5.40. The summed E-state index contributed by atoms with van der Waals surface area (Å²) in [7, 11) is 0. The van der Waals surface area contributed by atoms with E-state index in [1.54, 1.807) is 17.4 Å². The third-order valence-electron chi connectivity index (χ3n) is 2.28. The number of hydrogen-bond donors (Lipinski definition) is 1. The van der Waals surface area contributed by atoms with E-state index in [1.807, 2.05) is 6.26 Å². The van der Waals surface area contributed by atoms with Crippen molar-refractivity contribution in [1.82, 2.24) is 9.97 Å². The van der Waals surface area contributed by atoms with E-state index in [2.05, 4.69) is 33.0 Å². The number of aromatic nitrogens is 2. The molecule has 2 aromatic rings. The summed E-state index contributed by atoms with van der Waals surface area (Å²) in [5.41, 5.74) is 2.59. The van der Waals surface area contributed by atoms with Crippen LogP contribution in [-0.2, 0) is 6.54 Å². The molecule has 0 saturated heterocycles. The fourth-order valence-corrected chi connectivity index (χ4v) is 2.80. The molecule has 0 fully saturated rings. The Morgan fingerprint density at radius 2 is 2.24 bits per heavy atom. The number of nitrogens with one attached hydrogen (secondary N) is 1. The molecule has 0 unspecified atom stereocenters. The summed E-state index contributed by atoms with van der Waals surface area (Å²) in [6.45, 7) is 2.87. The molecule has 1 N–H and O–H groups in total. The molecule has 0 aromatic carbocycles. The number of thioether (sulfide) groups is 1. The van der Waals surface area contributed by atoms with Gasteiger partial charge in [0.2, 0.25) is 0 Å². The standard InChI is InChI=1S/C11H12ClN3S2/c1-7-5-17-6-8(7)4-13-10-3-9(12)14-11(15-10)16-2/h3,5-6H,4H2,1-2H3,(H,13,14,15). The van der Waals surface area contributed by atoms with Crippen LogP contribution in [0.15, 0.2) is 22.0 Å². The Kier molecular flexibility index (Phi) is 4.25. The average molecular weight is 286 g/mol.